The molecule has 4 heteroatoms. The van der Waals surface area contributed by atoms with E-state index in [1.165, 1.54) is 0 Å². The van der Waals surface area contributed by atoms with Gasteiger partial charge in [-0.2, -0.15) is 0 Å². The van der Waals surface area contributed by atoms with Crippen molar-refractivity contribution in [2.75, 3.05) is 18.8 Å². The first kappa shape index (κ1) is 11.4. The monoisotopic (exact) mass is 221 g/mol. The van der Waals surface area contributed by atoms with Crippen molar-refractivity contribution in [2.24, 2.45) is 0 Å². The third-order valence-electron chi connectivity index (χ3n) is 2.82. The number of nitrogens with zero attached hydrogens (tertiary/aromatic N) is 2. The van der Waals surface area contributed by atoms with Gasteiger partial charge in [0.2, 0.25) is 0 Å². The summed E-state index contributed by atoms with van der Waals surface area (Å²) in [5.41, 5.74) is 6.94. The van der Waals surface area contributed by atoms with Gasteiger partial charge in [-0.15, -0.1) is 0 Å². The van der Waals surface area contributed by atoms with Crippen LogP contribution in [0.2, 0.25) is 0 Å². The van der Waals surface area contributed by atoms with Gasteiger partial charge in [0.1, 0.15) is 5.82 Å². The van der Waals surface area contributed by atoms with Crippen molar-refractivity contribution in [3.05, 3.63) is 23.9 Å². The number of hydrogen-bond acceptors (Lipinski definition) is 4. The van der Waals surface area contributed by atoms with Gasteiger partial charge in [-0.1, -0.05) is 6.07 Å². The molecule has 0 bridgehead atoms. The zero-order chi connectivity index (χ0) is 11.5. The van der Waals surface area contributed by atoms with Gasteiger partial charge in [0.25, 0.3) is 0 Å². The van der Waals surface area contributed by atoms with Crippen LogP contribution in [0.15, 0.2) is 18.3 Å². The van der Waals surface area contributed by atoms with Gasteiger partial charge >= 0.3 is 0 Å². The van der Waals surface area contributed by atoms with E-state index >= 15 is 0 Å². The number of anilines is 1. The maximum Gasteiger partial charge on any atom is 0.127 e. The molecule has 1 aromatic rings. The maximum atomic E-state index is 5.84. The van der Waals surface area contributed by atoms with Crippen LogP contribution in [0.4, 0.5) is 5.82 Å². The standard InChI is InChI=1S/C12H19N3O/c1-9-6-15(7-10(2)16-9)8-11-4-3-5-14-12(11)13/h3-5,9-10H,6-8H2,1-2H3,(H2,13,14)/t9-,10+. The number of morpholine rings is 1. The van der Waals surface area contributed by atoms with E-state index in [0.29, 0.717) is 18.0 Å². The number of nitrogens with two attached hydrogens (primary N) is 1. The number of rotatable bonds is 2. The SMILES string of the molecule is C[C@@H]1CN(Cc2cccnc2N)C[C@H](C)O1. The van der Waals surface area contributed by atoms with Crippen LogP contribution in [0.3, 0.4) is 0 Å². The van der Waals surface area contributed by atoms with E-state index in [1.54, 1.807) is 6.20 Å². The fourth-order valence-corrected chi connectivity index (χ4v) is 2.24. The number of ether oxygens (including phenoxy) is 1. The van der Waals surface area contributed by atoms with Crippen molar-refractivity contribution >= 4 is 5.82 Å². The molecule has 2 heterocycles. The van der Waals surface area contributed by atoms with E-state index in [2.05, 4.69) is 23.7 Å². The Hall–Kier alpha value is -1.13. The van der Waals surface area contributed by atoms with Crippen LogP contribution in [-0.4, -0.2) is 35.2 Å². The molecule has 1 saturated heterocycles. The molecule has 2 atom stereocenters. The Morgan fingerprint density at radius 2 is 2.12 bits per heavy atom. The van der Waals surface area contributed by atoms with Gasteiger partial charge in [-0.3, -0.25) is 4.90 Å². The molecule has 0 amide bonds. The highest BCUT2D eigenvalue weighted by Gasteiger charge is 2.22. The molecule has 0 spiro atoms. The molecular weight excluding hydrogens is 202 g/mol. The highest BCUT2D eigenvalue weighted by molar-refractivity contribution is 5.38. The van der Waals surface area contributed by atoms with Crippen LogP contribution in [0.5, 0.6) is 0 Å². The second kappa shape index (κ2) is 4.80. The predicted octanol–water partition coefficient (Wildman–Crippen LogP) is 1.27. The minimum absolute atomic E-state index is 0.293. The summed E-state index contributed by atoms with van der Waals surface area (Å²) in [6.07, 6.45) is 2.31. The normalized spacial score (nSPS) is 26.9. The molecule has 2 rings (SSSR count). The Morgan fingerprint density at radius 1 is 1.44 bits per heavy atom. The summed E-state index contributed by atoms with van der Waals surface area (Å²) in [7, 11) is 0. The number of nitrogen functional groups attached to an aromatic ring is 1. The smallest absolute Gasteiger partial charge is 0.127 e. The van der Waals surface area contributed by atoms with Crippen LogP contribution in [0.25, 0.3) is 0 Å². The first-order valence-electron chi connectivity index (χ1n) is 5.72. The van der Waals surface area contributed by atoms with Crippen LogP contribution < -0.4 is 5.73 Å². The molecule has 88 valence electrons. The molecule has 1 aromatic heterocycles. The number of hydrogen-bond donors (Lipinski definition) is 1. The van der Waals surface area contributed by atoms with Crippen molar-refractivity contribution in [1.82, 2.24) is 9.88 Å². The molecule has 2 N–H and O–H groups in total. The zero-order valence-electron chi connectivity index (χ0n) is 9.89. The van der Waals surface area contributed by atoms with Crippen molar-refractivity contribution in [3.63, 3.8) is 0 Å². The Kier molecular flexibility index (Phi) is 3.41. The molecule has 1 aliphatic heterocycles. The molecule has 0 radical (unpaired) electrons. The zero-order valence-corrected chi connectivity index (χ0v) is 9.89. The highest BCUT2D eigenvalue weighted by atomic mass is 16.5. The maximum absolute atomic E-state index is 5.84. The average Bonchev–Trinajstić information content (AvgIpc) is 2.20. The predicted molar refractivity (Wildman–Crippen MR) is 63.9 cm³/mol. The van der Waals surface area contributed by atoms with Crippen LogP contribution in [0.1, 0.15) is 19.4 Å². The van der Waals surface area contributed by atoms with Crippen LogP contribution in [-0.2, 0) is 11.3 Å². The van der Waals surface area contributed by atoms with E-state index in [4.69, 9.17) is 10.5 Å². The Labute approximate surface area is 96.4 Å². The summed E-state index contributed by atoms with van der Waals surface area (Å²) in [5, 5.41) is 0. The summed E-state index contributed by atoms with van der Waals surface area (Å²) >= 11 is 0. The van der Waals surface area contributed by atoms with Gasteiger partial charge in [-0.25, -0.2) is 4.98 Å². The summed E-state index contributed by atoms with van der Waals surface area (Å²) < 4.78 is 5.70. The minimum atomic E-state index is 0.293. The fourth-order valence-electron chi connectivity index (χ4n) is 2.24. The van der Waals surface area contributed by atoms with Crippen LogP contribution in [0, 0.1) is 0 Å². The molecule has 4 nitrogen and oxygen atoms in total. The lowest BCUT2D eigenvalue weighted by Crippen LogP contribution is -2.44. The lowest BCUT2D eigenvalue weighted by Gasteiger charge is -2.35. The molecule has 1 aliphatic rings. The minimum Gasteiger partial charge on any atom is -0.383 e. The van der Waals surface area contributed by atoms with E-state index in [0.717, 1.165) is 25.2 Å². The summed E-state index contributed by atoms with van der Waals surface area (Å²) in [5.74, 6) is 0.634. The summed E-state index contributed by atoms with van der Waals surface area (Å²) in [6.45, 7) is 6.99. The second-order valence-electron chi connectivity index (χ2n) is 4.50. The van der Waals surface area contributed by atoms with E-state index in [9.17, 15) is 0 Å². The first-order valence-corrected chi connectivity index (χ1v) is 5.72. The topological polar surface area (TPSA) is 51.4 Å². The first-order chi connectivity index (χ1) is 7.65. The van der Waals surface area contributed by atoms with Gasteiger partial charge in [0, 0.05) is 31.4 Å². The summed E-state index contributed by atoms with van der Waals surface area (Å²) in [4.78, 5) is 6.47. The van der Waals surface area contributed by atoms with Crippen LogP contribution >= 0.6 is 0 Å². The average molecular weight is 221 g/mol. The highest BCUT2D eigenvalue weighted by Crippen LogP contribution is 2.16. The largest absolute Gasteiger partial charge is 0.383 e. The second-order valence-corrected chi connectivity index (χ2v) is 4.50. The fraction of sp³-hybridized carbons (Fsp3) is 0.583. The Balaban J connectivity index is 2.02. The van der Waals surface area contributed by atoms with Crippen molar-refractivity contribution in [1.29, 1.82) is 0 Å². The third kappa shape index (κ3) is 2.71. The lowest BCUT2D eigenvalue weighted by atomic mass is 10.2. The van der Waals surface area contributed by atoms with E-state index in [-0.39, 0.29) is 0 Å². The molecule has 0 unspecified atom stereocenters. The molecule has 0 aromatic carbocycles. The van der Waals surface area contributed by atoms with Gasteiger partial charge in [0.05, 0.1) is 12.2 Å². The lowest BCUT2D eigenvalue weighted by molar-refractivity contribution is -0.0704. The third-order valence-corrected chi connectivity index (χ3v) is 2.82. The van der Waals surface area contributed by atoms with Crippen molar-refractivity contribution < 1.29 is 4.74 Å². The number of aromatic nitrogens is 1. The Bertz CT molecular complexity index is 346. The number of pyridine rings is 1. The Morgan fingerprint density at radius 3 is 2.75 bits per heavy atom. The molecule has 0 aliphatic carbocycles. The van der Waals surface area contributed by atoms with Gasteiger partial charge in [0.15, 0.2) is 0 Å². The van der Waals surface area contributed by atoms with E-state index < -0.39 is 0 Å². The quantitative estimate of drug-likeness (QED) is 0.817. The molecule has 0 saturated carbocycles. The molecular formula is C12H19N3O. The molecule has 16 heavy (non-hydrogen) atoms. The van der Waals surface area contributed by atoms with Crippen molar-refractivity contribution in [2.45, 2.75) is 32.6 Å². The van der Waals surface area contributed by atoms with Gasteiger partial charge < -0.3 is 10.5 Å². The molecule has 1 fully saturated rings. The van der Waals surface area contributed by atoms with Gasteiger partial charge in [-0.05, 0) is 19.9 Å². The van der Waals surface area contributed by atoms with Crippen molar-refractivity contribution in [3.8, 4) is 0 Å². The van der Waals surface area contributed by atoms with E-state index in [1.807, 2.05) is 12.1 Å². The summed E-state index contributed by atoms with van der Waals surface area (Å²) in [6, 6.07) is 3.96.